The molecule has 0 N–H and O–H groups in total. The van der Waals surface area contributed by atoms with Gasteiger partial charge in [-0.15, -0.1) is 0 Å². The maximum absolute atomic E-state index is 13.1. The molecule has 0 amide bonds. The molecule has 1 atom stereocenters. The lowest BCUT2D eigenvalue weighted by atomic mass is 9.90. The molecular weight excluding hydrogens is 372 g/mol. The van der Waals surface area contributed by atoms with Gasteiger partial charge < -0.3 is 8.98 Å². The summed E-state index contributed by atoms with van der Waals surface area (Å²) in [6.45, 7) is 4.89. The first-order valence-electron chi connectivity index (χ1n) is 11.1. The van der Waals surface area contributed by atoms with Crippen LogP contribution < -0.4 is 5.43 Å². The van der Waals surface area contributed by atoms with Gasteiger partial charge in [-0.2, -0.15) is 0 Å². The molecule has 0 bridgehead atoms. The van der Waals surface area contributed by atoms with Crippen molar-refractivity contribution in [2.45, 2.75) is 51.7 Å². The predicted molar refractivity (Wildman–Crippen MR) is 120 cm³/mol. The molecule has 2 aromatic carbocycles. The smallest absolute Gasteiger partial charge is 0.197 e. The zero-order chi connectivity index (χ0) is 20.2. The van der Waals surface area contributed by atoms with Crippen LogP contribution in [-0.4, -0.2) is 16.0 Å². The van der Waals surface area contributed by atoms with Gasteiger partial charge in [0.2, 0.25) is 0 Å². The van der Waals surface area contributed by atoms with Crippen LogP contribution >= 0.6 is 0 Å². The van der Waals surface area contributed by atoms with Crippen molar-refractivity contribution in [1.82, 2.24) is 9.47 Å². The Hall–Kier alpha value is -2.85. The zero-order valence-corrected chi connectivity index (χ0v) is 17.4. The number of para-hydroxylation sites is 1. The van der Waals surface area contributed by atoms with Gasteiger partial charge in [-0.1, -0.05) is 23.8 Å². The van der Waals surface area contributed by atoms with Gasteiger partial charge in [0, 0.05) is 41.8 Å². The first-order valence-corrected chi connectivity index (χ1v) is 11.1. The number of rotatable bonds is 2. The third-order valence-corrected chi connectivity index (χ3v) is 6.98. The first kappa shape index (κ1) is 18.0. The van der Waals surface area contributed by atoms with Crippen LogP contribution in [-0.2, 0) is 19.5 Å². The quantitative estimate of drug-likeness (QED) is 0.457. The van der Waals surface area contributed by atoms with Crippen LogP contribution in [0.2, 0.25) is 0 Å². The van der Waals surface area contributed by atoms with Gasteiger partial charge in [-0.3, -0.25) is 9.69 Å². The second kappa shape index (κ2) is 6.85. The molecule has 1 aliphatic heterocycles. The summed E-state index contributed by atoms with van der Waals surface area (Å²) >= 11 is 0. The molecule has 4 aromatic rings. The minimum atomic E-state index is 0.105. The highest BCUT2D eigenvalue weighted by Gasteiger charge is 2.33. The fourth-order valence-corrected chi connectivity index (χ4v) is 5.63. The lowest BCUT2D eigenvalue weighted by Crippen LogP contribution is -2.32. The standard InChI is InChI=1S/C26H26N2O2/c1-17-10-11-22-21(14-17)19-7-4-8-23-25(19)28(22)13-5-12-27(23)15-18-16-30-24-9-3-2-6-20(24)26(18)29/h2-3,6,9-11,14,16,23H,4-5,7-8,12-13,15H2,1H3/t23-/m1/s1. The Morgan fingerprint density at radius 2 is 1.97 bits per heavy atom. The van der Waals surface area contributed by atoms with E-state index in [-0.39, 0.29) is 5.43 Å². The monoisotopic (exact) mass is 398 g/mol. The second-order valence-electron chi connectivity index (χ2n) is 8.85. The number of fused-ring (bicyclic) bond motifs is 4. The van der Waals surface area contributed by atoms with Crippen molar-refractivity contribution in [2.75, 3.05) is 6.54 Å². The van der Waals surface area contributed by atoms with Gasteiger partial charge in [0.15, 0.2) is 5.43 Å². The molecule has 0 spiro atoms. The first-order chi connectivity index (χ1) is 14.7. The molecule has 0 unspecified atom stereocenters. The fourth-order valence-electron chi connectivity index (χ4n) is 5.63. The molecule has 2 aliphatic rings. The highest BCUT2D eigenvalue weighted by atomic mass is 16.3. The van der Waals surface area contributed by atoms with Crippen LogP contribution in [0.1, 0.15) is 47.7 Å². The van der Waals surface area contributed by atoms with E-state index in [1.54, 1.807) is 6.26 Å². The number of aryl methyl sites for hydroxylation is 3. The maximum Gasteiger partial charge on any atom is 0.197 e. The van der Waals surface area contributed by atoms with Crippen molar-refractivity contribution >= 4 is 21.9 Å². The van der Waals surface area contributed by atoms with Crippen molar-refractivity contribution < 1.29 is 4.42 Å². The molecule has 6 rings (SSSR count). The van der Waals surface area contributed by atoms with E-state index < -0.39 is 0 Å². The number of aromatic nitrogens is 1. The molecule has 4 nitrogen and oxygen atoms in total. The number of hydrogen-bond acceptors (Lipinski definition) is 3. The third-order valence-electron chi connectivity index (χ3n) is 6.98. The Balaban J connectivity index is 1.45. The van der Waals surface area contributed by atoms with Gasteiger partial charge in [-0.05, 0) is 62.4 Å². The summed E-state index contributed by atoms with van der Waals surface area (Å²) < 4.78 is 8.37. The topological polar surface area (TPSA) is 38.4 Å². The van der Waals surface area contributed by atoms with Gasteiger partial charge >= 0.3 is 0 Å². The Morgan fingerprint density at radius 1 is 1.07 bits per heavy atom. The fraction of sp³-hybridized carbons (Fsp3) is 0.346. The number of hydrogen-bond donors (Lipinski definition) is 0. The minimum absolute atomic E-state index is 0.105. The lowest BCUT2D eigenvalue weighted by molar-refractivity contribution is 0.172. The largest absolute Gasteiger partial charge is 0.464 e. The summed E-state index contributed by atoms with van der Waals surface area (Å²) in [7, 11) is 0. The van der Waals surface area contributed by atoms with Crippen molar-refractivity contribution in [3.05, 3.63) is 81.3 Å². The van der Waals surface area contributed by atoms with E-state index in [9.17, 15) is 4.79 Å². The molecule has 2 aromatic heterocycles. The highest BCUT2D eigenvalue weighted by Crippen LogP contribution is 2.42. The summed E-state index contributed by atoms with van der Waals surface area (Å²) in [4.78, 5) is 15.6. The Bertz CT molecular complexity index is 1330. The van der Waals surface area contributed by atoms with E-state index in [1.165, 1.54) is 34.1 Å². The van der Waals surface area contributed by atoms with Crippen molar-refractivity contribution in [3.8, 4) is 0 Å². The van der Waals surface area contributed by atoms with E-state index in [1.807, 2.05) is 24.3 Å². The van der Waals surface area contributed by atoms with Gasteiger partial charge in [0.05, 0.1) is 17.7 Å². The molecular formula is C26H26N2O2. The summed E-state index contributed by atoms with van der Waals surface area (Å²) in [6.07, 6.45) is 6.29. The van der Waals surface area contributed by atoms with E-state index in [0.29, 0.717) is 23.6 Å². The van der Waals surface area contributed by atoms with Crippen LogP contribution in [0.5, 0.6) is 0 Å². The molecule has 30 heavy (non-hydrogen) atoms. The van der Waals surface area contributed by atoms with Gasteiger partial charge in [0.1, 0.15) is 5.58 Å². The Kier molecular flexibility index (Phi) is 4.10. The van der Waals surface area contributed by atoms with Crippen LogP contribution in [0.25, 0.3) is 21.9 Å². The van der Waals surface area contributed by atoms with Crippen LogP contribution in [0.15, 0.2) is 57.9 Å². The van der Waals surface area contributed by atoms with Gasteiger partial charge in [0.25, 0.3) is 0 Å². The molecule has 0 fully saturated rings. The minimum Gasteiger partial charge on any atom is -0.464 e. The molecule has 4 heteroatoms. The maximum atomic E-state index is 13.1. The predicted octanol–water partition coefficient (Wildman–Crippen LogP) is 5.34. The van der Waals surface area contributed by atoms with E-state index in [0.717, 1.165) is 37.9 Å². The second-order valence-corrected chi connectivity index (χ2v) is 8.85. The molecule has 0 saturated heterocycles. The normalized spacial score (nSPS) is 19.2. The number of benzene rings is 2. The van der Waals surface area contributed by atoms with Crippen LogP contribution in [0.3, 0.4) is 0 Å². The summed E-state index contributed by atoms with van der Waals surface area (Å²) in [5.74, 6) is 0. The van der Waals surface area contributed by atoms with Crippen molar-refractivity contribution in [2.24, 2.45) is 0 Å². The van der Waals surface area contributed by atoms with Crippen LogP contribution in [0.4, 0.5) is 0 Å². The SMILES string of the molecule is Cc1ccc2c(c1)c1c3n2CCCN(Cc2coc4ccccc4c2=O)[C@@H]3CCC1. The molecule has 1 aliphatic carbocycles. The molecule has 152 valence electrons. The molecule has 0 radical (unpaired) electrons. The lowest BCUT2D eigenvalue weighted by Gasteiger charge is -2.33. The molecule has 3 heterocycles. The average molecular weight is 399 g/mol. The zero-order valence-electron chi connectivity index (χ0n) is 17.4. The molecule has 0 saturated carbocycles. The summed E-state index contributed by atoms with van der Waals surface area (Å²) in [5.41, 5.74) is 7.26. The Morgan fingerprint density at radius 3 is 2.90 bits per heavy atom. The van der Waals surface area contributed by atoms with E-state index in [2.05, 4.69) is 34.6 Å². The van der Waals surface area contributed by atoms with Crippen LogP contribution in [0, 0.1) is 6.92 Å². The average Bonchev–Trinajstić information content (AvgIpc) is 2.95. The van der Waals surface area contributed by atoms with Crippen molar-refractivity contribution in [1.29, 1.82) is 0 Å². The number of nitrogens with zero attached hydrogens (tertiary/aromatic N) is 2. The van der Waals surface area contributed by atoms with E-state index >= 15 is 0 Å². The Labute approximate surface area is 175 Å². The summed E-state index contributed by atoms with van der Waals surface area (Å²) in [5, 5.41) is 2.11. The van der Waals surface area contributed by atoms with Crippen molar-refractivity contribution in [3.63, 3.8) is 0 Å². The van der Waals surface area contributed by atoms with E-state index in [4.69, 9.17) is 4.42 Å². The highest BCUT2D eigenvalue weighted by molar-refractivity contribution is 5.87. The van der Waals surface area contributed by atoms with Gasteiger partial charge in [-0.25, -0.2) is 0 Å². The third kappa shape index (κ3) is 2.67. The summed E-state index contributed by atoms with van der Waals surface area (Å²) in [6, 6.07) is 14.8.